The molecule has 0 aliphatic heterocycles. The molecule has 0 aromatic carbocycles. The lowest BCUT2D eigenvalue weighted by Gasteiger charge is -2.19. The van der Waals surface area contributed by atoms with Crippen LogP contribution in [0, 0.1) is 5.41 Å². The van der Waals surface area contributed by atoms with Crippen molar-refractivity contribution in [3.05, 3.63) is 0 Å². The zero-order valence-electron chi connectivity index (χ0n) is 9.50. The molecule has 0 bridgehead atoms. The van der Waals surface area contributed by atoms with E-state index in [9.17, 15) is 9.59 Å². The fourth-order valence-electron chi connectivity index (χ4n) is 0.861. The topological polar surface area (TPSA) is 66.4 Å². The minimum absolute atomic E-state index is 0.0709. The Hall–Kier alpha value is -0.710. The number of carbonyl (C=O) groups is 2. The Morgan fingerprint density at radius 1 is 1.40 bits per heavy atom. The van der Waals surface area contributed by atoms with Gasteiger partial charge >= 0.3 is 5.97 Å². The van der Waals surface area contributed by atoms with Crippen molar-refractivity contribution in [3.8, 4) is 0 Å². The van der Waals surface area contributed by atoms with Crippen LogP contribution in [-0.4, -0.2) is 35.5 Å². The predicted molar refractivity (Wildman–Crippen MR) is 62.0 cm³/mol. The van der Waals surface area contributed by atoms with E-state index in [4.69, 9.17) is 5.11 Å². The second-order valence-electron chi connectivity index (χ2n) is 4.06. The van der Waals surface area contributed by atoms with E-state index in [1.807, 2.05) is 6.26 Å². The van der Waals surface area contributed by atoms with Gasteiger partial charge < -0.3 is 10.4 Å². The number of rotatable bonds is 7. The van der Waals surface area contributed by atoms with E-state index in [-0.39, 0.29) is 12.5 Å². The van der Waals surface area contributed by atoms with Crippen LogP contribution in [0.5, 0.6) is 0 Å². The molecule has 0 aromatic heterocycles. The van der Waals surface area contributed by atoms with Crippen molar-refractivity contribution < 1.29 is 14.7 Å². The van der Waals surface area contributed by atoms with Crippen LogP contribution < -0.4 is 5.32 Å². The van der Waals surface area contributed by atoms with Gasteiger partial charge in [0.2, 0.25) is 5.91 Å². The number of nitrogens with one attached hydrogen (secondary N) is 1. The van der Waals surface area contributed by atoms with Crippen LogP contribution in [0.15, 0.2) is 0 Å². The van der Waals surface area contributed by atoms with Crippen LogP contribution in [0.1, 0.15) is 26.7 Å². The Morgan fingerprint density at radius 3 is 2.47 bits per heavy atom. The van der Waals surface area contributed by atoms with E-state index >= 15 is 0 Å². The SMILES string of the molecule is CSCCCC(=O)NCC(C)(C)C(=O)O. The maximum atomic E-state index is 11.3. The number of carboxylic acid groups (broad SMARTS) is 1. The summed E-state index contributed by atoms with van der Waals surface area (Å²) in [6, 6.07) is 0. The molecule has 0 aliphatic carbocycles. The third kappa shape index (κ3) is 6.38. The van der Waals surface area contributed by atoms with Gasteiger partial charge in [-0.2, -0.15) is 11.8 Å². The molecule has 0 aromatic rings. The minimum Gasteiger partial charge on any atom is -0.481 e. The highest BCUT2D eigenvalue weighted by Gasteiger charge is 2.27. The van der Waals surface area contributed by atoms with Crippen molar-refractivity contribution in [1.29, 1.82) is 0 Å². The summed E-state index contributed by atoms with van der Waals surface area (Å²) >= 11 is 1.70. The Kier molecular flexibility index (Phi) is 6.40. The van der Waals surface area contributed by atoms with Crippen LogP contribution in [-0.2, 0) is 9.59 Å². The first kappa shape index (κ1) is 14.3. The maximum Gasteiger partial charge on any atom is 0.310 e. The molecule has 5 heteroatoms. The lowest BCUT2D eigenvalue weighted by Crippen LogP contribution is -2.38. The average molecular weight is 233 g/mol. The molecule has 2 N–H and O–H groups in total. The predicted octanol–water partition coefficient (Wildman–Crippen LogP) is 1.36. The average Bonchev–Trinajstić information content (AvgIpc) is 2.15. The Labute approximate surface area is 94.8 Å². The fourth-order valence-corrected chi connectivity index (χ4v) is 1.29. The molecule has 0 spiro atoms. The van der Waals surface area contributed by atoms with Crippen molar-refractivity contribution in [2.75, 3.05) is 18.6 Å². The standard InChI is InChI=1S/C10H19NO3S/c1-10(2,9(13)14)7-11-8(12)5-4-6-15-3/h4-7H2,1-3H3,(H,11,12)(H,13,14). The van der Waals surface area contributed by atoms with Gasteiger partial charge in [0.25, 0.3) is 0 Å². The van der Waals surface area contributed by atoms with Crippen molar-refractivity contribution in [3.63, 3.8) is 0 Å². The van der Waals surface area contributed by atoms with E-state index < -0.39 is 11.4 Å². The maximum absolute atomic E-state index is 11.3. The summed E-state index contributed by atoms with van der Waals surface area (Å²) in [5.41, 5.74) is -0.894. The molecule has 0 aliphatic rings. The molecule has 1 amide bonds. The van der Waals surface area contributed by atoms with Crippen LogP contribution in [0.2, 0.25) is 0 Å². The summed E-state index contributed by atoms with van der Waals surface area (Å²) < 4.78 is 0. The Morgan fingerprint density at radius 2 is 2.00 bits per heavy atom. The highest BCUT2D eigenvalue weighted by molar-refractivity contribution is 7.98. The first-order valence-electron chi connectivity index (χ1n) is 4.89. The van der Waals surface area contributed by atoms with Gasteiger partial charge in [-0.15, -0.1) is 0 Å². The first-order chi connectivity index (χ1) is 6.90. The van der Waals surface area contributed by atoms with E-state index in [0.717, 1.165) is 12.2 Å². The van der Waals surface area contributed by atoms with Gasteiger partial charge in [0.05, 0.1) is 5.41 Å². The van der Waals surface area contributed by atoms with E-state index in [1.54, 1.807) is 25.6 Å². The quantitative estimate of drug-likeness (QED) is 0.652. The highest BCUT2D eigenvalue weighted by Crippen LogP contribution is 2.13. The van der Waals surface area contributed by atoms with Crippen molar-refractivity contribution in [2.24, 2.45) is 5.41 Å². The van der Waals surface area contributed by atoms with Crippen molar-refractivity contribution in [1.82, 2.24) is 5.32 Å². The number of hydrogen-bond acceptors (Lipinski definition) is 3. The number of carboxylic acids is 1. The largest absolute Gasteiger partial charge is 0.481 e. The number of thioether (sulfide) groups is 1. The molecule has 0 heterocycles. The smallest absolute Gasteiger partial charge is 0.310 e. The van der Waals surface area contributed by atoms with Crippen molar-refractivity contribution >= 4 is 23.6 Å². The third-order valence-corrected chi connectivity index (χ3v) is 2.76. The van der Waals surface area contributed by atoms with Gasteiger partial charge in [-0.25, -0.2) is 0 Å². The van der Waals surface area contributed by atoms with Crippen molar-refractivity contribution in [2.45, 2.75) is 26.7 Å². The van der Waals surface area contributed by atoms with E-state index in [1.165, 1.54) is 0 Å². The summed E-state index contributed by atoms with van der Waals surface area (Å²) in [6.07, 6.45) is 3.29. The molecular weight excluding hydrogens is 214 g/mol. The number of carbonyl (C=O) groups excluding carboxylic acids is 1. The molecular formula is C10H19NO3S. The second kappa shape index (κ2) is 6.71. The molecule has 0 unspecified atom stereocenters. The minimum atomic E-state index is -0.896. The third-order valence-electron chi connectivity index (χ3n) is 2.06. The summed E-state index contributed by atoms with van der Waals surface area (Å²) in [4.78, 5) is 22.0. The molecule has 0 atom stereocenters. The lowest BCUT2D eigenvalue weighted by molar-refractivity contribution is -0.146. The first-order valence-corrected chi connectivity index (χ1v) is 6.28. The molecule has 0 saturated carbocycles. The zero-order chi connectivity index (χ0) is 11.9. The van der Waals surface area contributed by atoms with Crippen LogP contribution in [0.25, 0.3) is 0 Å². The molecule has 0 saturated heterocycles. The van der Waals surface area contributed by atoms with Gasteiger partial charge in [0, 0.05) is 13.0 Å². The number of amides is 1. The van der Waals surface area contributed by atoms with Gasteiger partial charge in [-0.1, -0.05) is 0 Å². The summed E-state index contributed by atoms with van der Waals surface area (Å²) in [5.74, 6) is -0.0132. The summed E-state index contributed by atoms with van der Waals surface area (Å²) in [7, 11) is 0. The monoisotopic (exact) mass is 233 g/mol. The normalized spacial score (nSPS) is 11.1. The van der Waals surface area contributed by atoms with E-state index in [2.05, 4.69) is 5.32 Å². The molecule has 88 valence electrons. The fraction of sp³-hybridized carbons (Fsp3) is 0.800. The van der Waals surface area contributed by atoms with Gasteiger partial charge in [0.1, 0.15) is 0 Å². The summed E-state index contributed by atoms with van der Waals surface area (Å²) in [6.45, 7) is 3.37. The Balaban J connectivity index is 3.75. The second-order valence-corrected chi connectivity index (χ2v) is 5.05. The Bertz CT molecular complexity index is 229. The lowest BCUT2D eigenvalue weighted by atomic mass is 9.94. The molecule has 0 rings (SSSR count). The molecule has 4 nitrogen and oxygen atoms in total. The molecule has 15 heavy (non-hydrogen) atoms. The highest BCUT2D eigenvalue weighted by atomic mass is 32.2. The number of hydrogen-bond donors (Lipinski definition) is 2. The van der Waals surface area contributed by atoms with Gasteiger partial charge in [0.15, 0.2) is 0 Å². The van der Waals surface area contributed by atoms with E-state index in [0.29, 0.717) is 6.42 Å². The van der Waals surface area contributed by atoms with Crippen LogP contribution in [0.3, 0.4) is 0 Å². The van der Waals surface area contributed by atoms with Gasteiger partial charge in [-0.3, -0.25) is 9.59 Å². The molecule has 0 fully saturated rings. The van der Waals surface area contributed by atoms with Gasteiger partial charge in [-0.05, 0) is 32.3 Å². The number of aliphatic carboxylic acids is 1. The van der Waals surface area contributed by atoms with Crippen LogP contribution in [0.4, 0.5) is 0 Å². The summed E-state index contributed by atoms with van der Waals surface area (Å²) in [5, 5.41) is 11.4. The molecule has 0 radical (unpaired) electrons. The zero-order valence-corrected chi connectivity index (χ0v) is 10.3. The van der Waals surface area contributed by atoms with Crippen LogP contribution >= 0.6 is 11.8 Å².